The minimum atomic E-state index is -0.824. The Labute approximate surface area is 151 Å². The lowest BCUT2D eigenvalue weighted by Crippen LogP contribution is -2.36. The molecule has 0 amide bonds. The van der Waals surface area contributed by atoms with E-state index >= 15 is 0 Å². The van der Waals surface area contributed by atoms with E-state index in [0.29, 0.717) is 19.0 Å². The number of rotatable bonds is 6. The number of esters is 2. The van der Waals surface area contributed by atoms with E-state index in [0.717, 1.165) is 51.4 Å². The van der Waals surface area contributed by atoms with Crippen molar-refractivity contribution in [2.75, 3.05) is 13.1 Å². The van der Waals surface area contributed by atoms with Gasteiger partial charge in [0.1, 0.15) is 0 Å². The Balaban J connectivity index is 1.72. The van der Waals surface area contributed by atoms with Crippen LogP contribution in [0.3, 0.4) is 0 Å². The van der Waals surface area contributed by atoms with Crippen molar-refractivity contribution in [2.24, 2.45) is 34.6 Å². The molecule has 144 valence electrons. The predicted molar refractivity (Wildman–Crippen MR) is 95.3 cm³/mol. The van der Waals surface area contributed by atoms with E-state index in [9.17, 15) is 9.59 Å². The van der Waals surface area contributed by atoms with Crippen LogP contribution in [0.4, 0.5) is 0 Å². The molecule has 1 atom stereocenters. The summed E-state index contributed by atoms with van der Waals surface area (Å²) in [4.78, 5) is 24.5. The van der Waals surface area contributed by atoms with Gasteiger partial charge < -0.3 is 20.9 Å². The largest absolute Gasteiger partial charge is 0.425 e. The number of ether oxygens (including phenoxy) is 2. The number of hydrogen-bond donors (Lipinski definition) is 2. The summed E-state index contributed by atoms with van der Waals surface area (Å²) >= 11 is 0. The summed E-state index contributed by atoms with van der Waals surface area (Å²) in [5.41, 5.74) is 11.6. The second-order valence-corrected chi connectivity index (χ2v) is 8.18. The van der Waals surface area contributed by atoms with Crippen LogP contribution >= 0.6 is 0 Å². The van der Waals surface area contributed by atoms with Crippen LogP contribution in [-0.2, 0) is 19.1 Å². The van der Waals surface area contributed by atoms with Gasteiger partial charge in [-0.2, -0.15) is 0 Å². The van der Waals surface area contributed by atoms with E-state index in [1.807, 2.05) is 0 Å². The van der Waals surface area contributed by atoms with E-state index in [-0.39, 0.29) is 29.2 Å². The highest BCUT2D eigenvalue weighted by atomic mass is 16.7. The van der Waals surface area contributed by atoms with Crippen molar-refractivity contribution >= 4 is 11.9 Å². The van der Waals surface area contributed by atoms with E-state index in [2.05, 4.69) is 6.92 Å². The maximum absolute atomic E-state index is 12.3. The molecule has 1 unspecified atom stereocenters. The van der Waals surface area contributed by atoms with Gasteiger partial charge in [-0.15, -0.1) is 0 Å². The van der Waals surface area contributed by atoms with Crippen LogP contribution in [0.25, 0.3) is 0 Å². The minimum absolute atomic E-state index is 0.0936. The third-order valence-corrected chi connectivity index (χ3v) is 6.10. The van der Waals surface area contributed by atoms with E-state index in [1.165, 1.54) is 0 Å². The fourth-order valence-electron chi connectivity index (χ4n) is 3.93. The molecule has 0 radical (unpaired) electrons. The first-order valence-corrected chi connectivity index (χ1v) is 9.68. The highest BCUT2D eigenvalue weighted by molar-refractivity contribution is 5.74. The summed E-state index contributed by atoms with van der Waals surface area (Å²) in [5.74, 6) is -0.198. The average molecular weight is 354 g/mol. The fourth-order valence-corrected chi connectivity index (χ4v) is 3.93. The van der Waals surface area contributed by atoms with Crippen LogP contribution in [-0.4, -0.2) is 31.3 Å². The lowest BCUT2D eigenvalue weighted by atomic mass is 9.72. The Morgan fingerprint density at radius 1 is 0.960 bits per heavy atom. The third kappa shape index (κ3) is 5.68. The van der Waals surface area contributed by atoms with Crippen molar-refractivity contribution in [2.45, 2.75) is 71.5 Å². The Hall–Kier alpha value is -1.14. The van der Waals surface area contributed by atoms with Gasteiger partial charge in [0.25, 0.3) is 0 Å². The number of carbonyl (C=O) groups excluding carboxylic acids is 2. The molecule has 4 N–H and O–H groups in total. The van der Waals surface area contributed by atoms with Gasteiger partial charge in [-0.05, 0) is 75.8 Å². The minimum Gasteiger partial charge on any atom is -0.425 e. The molecular weight excluding hydrogens is 320 g/mol. The molecule has 0 aromatic rings. The molecule has 2 saturated carbocycles. The quantitative estimate of drug-likeness (QED) is 0.560. The van der Waals surface area contributed by atoms with Crippen LogP contribution < -0.4 is 11.5 Å². The van der Waals surface area contributed by atoms with E-state index in [1.54, 1.807) is 6.92 Å². The maximum Gasteiger partial charge on any atom is 0.311 e. The summed E-state index contributed by atoms with van der Waals surface area (Å²) < 4.78 is 10.7. The molecule has 6 nitrogen and oxygen atoms in total. The lowest BCUT2D eigenvalue weighted by molar-refractivity contribution is -0.191. The van der Waals surface area contributed by atoms with Crippen LogP contribution in [0.1, 0.15) is 65.2 Å². The summed E-state index contributed by atoms with van der Waals surface area (Å²) in [6, 6.07) is 0. The van der Waals surface area contributed by atoms with Gasteiger partial charge in [-0.25, -0.2) is 0 Å². The zero-order chi connectivity index (χ0) is 18.4. The summed E-state index contributed by atoms with van der Waals surface area (Å²) in [6.45, 7) is 5.11. The number of nitrogens with two attached hydrogens (primary N) is 2. The summed E-state index contributed by atoms with van der Waals surface area (Å²) in [7, 11) is 0. The zero-order valence-electron chi connectivity index (χ0n) is 15.7. The molecule has 2 aliphatic rings. The van der Waals surface area contributed by atoms with Crippen molar-refractivity contribution in [3.05, 3.63) is 0 Å². The highest BCUT2D eigenvalue weighted by Gasteiger charge is 2.35. The van der Waals surface area contributed by atoms with Crippen molar-refractivity contribution in [3.63, 3.8) is 0 Å². The van der Waals surface area contributed by atoms with Crippen LogP contribution in [0, 0.1) is 23.2 Å². The van der Waals surface area contributed by atoms with Gasteiger partial charge in [0.05, 0.1) is 11.8 Å². The first kappa shape index (κ1) is 20.2. The molecule has 0 spiro atoms. The van der Waals surface area contributed by atoms with Crippen molar-refractivity contribution in [1.29, 1.82) is 0 Å². The molecule has 2 aliphatic carbocycles. The van der Waals surface area contributed by atoms with Crippen molar-refractivity contribution in [3.8, 4) is 0 Å². The van der Waals surface area contributed by atoms with Crippen molar-refractivity contribution in [1.82, 2.24) is 0 Å². The normalized spacial score (nSPS) is 34.2. The van der Waals surface area contributed by atoms with Crippen LogP contribution in [0.5, 0.6) is 0 Å². The third-order valence-electron chi connectivity index (χ3n) is 6.10. The van der Waals surface area contributed by atoms with Gasteiger partial charge in [0.15, 0.2) is 0 Å². The first-order valence-electron chi connectivity index (χ1n) is 9.68. The Bertz CT molecular complexity index is 452. The maximum atomic E-state index is 12.3. The molecule has 2 fully saturated rings. The van der Waals surface area contributed by atoms with Gasteiger partial charge in [0, 0.05) is 6.92 Å². The Morgan fingerprint density at radius 2 is 1.44 bits per heavy atom. The van der Waals surface area contributed by atoms with Gasteiger partial charge >= 0.3 is 11.9 Å². The summed E-state index contributed by atoms with van der Waals surface area (Å²) in [5, 5.41) is 0. The van der Waals surface area contributed by atoms with Crippen LogP contribution in [0.2, 0.25) is 0 Å². The van der Waals surface area contributed by atoms with E-state index < -0.39 is 6.29 Å². The van der Waals surface area contributed by atoms with Gasteiger partial charge in [-0.3, -0.25) is 9.59 Å². The zero-order valence-corrected chi connectivity index (χ0v) is 15.7. The molecule has 0 bridgehead atoms. The van der Waals surface area contributed by atoms with Gasteiger partial charge in [-0.1, -0.05) is 6.92 Å². The van der Waals surface area contributed by atoms with Crippen LogP contribution in [0.15, 0.2) is 0 Å². The monoisotopic (exact) mass is 354 g/mol. The molecule has 0 saturated heterocycles. The summed E-state index contributed by atoms with van der Waals surface area (Å²) in [6.07, 6.45) is 6.16. The standard InChI is InChI=1S/C19H34N2O4/c1-13(24-17(22)15-5-3-14(11-20)4-6-15)25-18(23)16-7-9-19(2,12-21)10-8-16/h13-16H,3-12,20-21H2,1-2H3. The predicted octanol–water partition coefficient (Wildman–Crippen LogP) is 2.34. The second kappa shape index (κ2) is 8.99. The second-order valence-electron chi connectivity index (χ2n) is 8.18. The van der Waals surface area contributed by atoms with E-state index in [4.69, 9.17) is 20.9 Å². The van der Waals surface area contributed by atoms with Gasteiger partial charge in [0.2, 0.25) is 6.29 Å². The molecule has 6 heteroatoms. The molecule has 2 rings (SSSR count). The molecule has 25 heavy (non-hydrogen) atoms. The molecule has 0 aromatic heterocycles. The Morgan fingerprint density at radius 3 is 1.88 bits per heavy atom. The fraction of sp³-hybridized carbons (Fsp3) is 0.895. The molecule has 0 heterocycles. The number of hydrogen-bond acceptors (Lipinski definition) is 6. The molecular formula is C19H34N2O4. The lowest BCUT2D eigenvalue weighted by Gasteiger charge is -2.35. The number of carbonyl (C=O) groups is 2. The average Bonchev–Trinajstić information content (AvgIpc) is 2.62. The first-order chi connectivity index (χ1) is 11.9. The molecule has 0 aliphatic heterocycles. The highest BCUT2D eigenvalue weighted by Crippen LogP contribution is 2.38. The molecule has 0 aromatic carbocycles. The topological polar surface area (TPSA) is 105 Å². The van der Waals surface area contributed by atoms with Crippen molar-refractivity contribution < 1.29 is 19.1 Å². The smallest absolute Gasteiger partial charge is 0.311 e. The Kier molecular flexibility index (Phi) is 7.25. The SMILES string of the molecule is CC(OC(=O)C1CCC(CN)CC1)OC(=O)C1CCC(C)(CN)CC1.